The third kappa shape index (κ3) is 4.20. The highest BCUT2D eigenvalue weighted by atomic mass is 16.1. The van der Waals surface area contributed by atoms with Crippen molar-refractivity contribution >= 4 is 5.82 Å². The van der Waals surface area contributed by atoms with Crippen molar-refractivity contribution < 1.29 is 0 Å². The van der Waals surface area contributed by atoms with E-state index in [0.717, 1.165) is 49.7 Å². The Morgan fingerprint density at radius 2 is 1.81 bits per heavy atom. The molecule has 2 aliphatic rings. The molecular weight excluding hydrogens is 338 g/mol. The predicted octanol–water partition coefficient (Wildman–Crippen LogP) is 3.12. The molecule has 2 aromatic heterocycles. The van der Waals surface area contributed by atoms with Gasteiger partial charge in [-0.15, -0.1) is 5.10 Å². The first kappa shape index (κ1) is 18.1. The van der Waals surface area contributed by atoms with Crippen LogP contribution in [0.2, 0.25) is 0 Å². The molecule has 0 amide bonds. The minimum atomic E-state index is -0.0975. The molecule has 0 spiro atoms. The fourth-order valence-electron chi connectivity index (χ4n) is 3.70. The van der Waals surface area contributed by atoms with Crippen LogP contribution in [0.4, 0.5) is 5.82 Å². The van der Waals surface area contributed by atoms with Gasteiger partial charge < -0.3 is 4.90 Å². The highest BCUT2D eigenvalue weighted by Gasteiger charge is 2.26. The lowest BCUT2D eigenvalue weighted by atomic mass is 9.92. The van der Waals surface area contributed by atoms with Crippen LogP contribution in [0, 0.1) is 5.92 Å². The van der Waals surface area contributed by atoms with E-state index in [-0.39, 0.29) is 11.0 Å². The molecular formula is C21H29N5O. The van der Waals surface area contributed by atoms with Crippen molar-refractivity contribution in [2.75, 3.05) is 18.0 Å². The average molecular weight is 367 g/mol. The number of piperidine rings is 1. The lowest BCUT2D eigenvalue weighted by Gasteiger charge is -2.32. The summed E-state index contributed by atoms with van der Waals surface area (Å²) in [5.74, 6) is 2.13. The lowest BCUT2D eigenvalue weighted by molar-refractivity contribution is 0.349. The molecule has 3 heterocycles. The van der Waals surface area contributed by atoms with E-state index in [2.05, 4.69) is 53.0 Å². The monoisotopic (exact) mass is 367 g/mol. The standard InChI is InChI=1S/C21H29N5O/c1-21(2,3)18-12-20(27)26(14-22-18)13-15-8-10-25(11-9-15)19-7-6-17(23-24-19)16-4-5-16/h6-7,12,14-16H,4-5,8-11,13H2,1-3H3. The zero-order valence-electron chi connectivity index (χ0n) is 16.6. The number of hydrogen-bond acceptors (Lipinski definition) is 5. The summed E-state index contributed by atoms with van der Waals surface area (Å²) in [7, 11) is 0. The van der Waals surface area contributed by atoms with Gasteiger partial charge in [-0.1, -0.05) is 20.8 Å². The maximum Gasteiger partial charge on any atom is 0.253 e. The minimum Gasteiger partial charge on any atom is -0.355 e. The zero-order valence-corrected chi connectivity index (χ0v) is 16.6. The molecule has 0 N–H and O–H groups in total. The van der Waals surface area contributed by atoms with Crippen LogP contribution in [0.5, 0.6) is 0 Å². The topological polar surface area (TPSA) is 63.9 Å². The first-order valence-corrected chi connectivity index (χ1v) is 10.1. The Bertz CT molecular complexity index is 840. The van der Waals surface area contributed by atoms with Crippen molar-refractivity contribution in [3.8, 4) is 0 Å². The molecule has 1 aliphatic carbocycles. The van der Waals surface area contributed by atoms with Gasteiger partial charge in [0.2, 0.25) is 0 Å². The first-order valence-electron chi connectivity index (χ1n) is 10.1. The zero-order chi connectivity index (χ0) is 19.0. The van der Waals surface area contributed by atoms with Crippen molar-refractivity contribution in [2.24, 2.45) is 5.92 Å². The molecule has 144 valence electrons. The largest absolute Gasteiger partial charge is 0.355 e. The number of anilines is 1. The van der Waals surface area contributed by atoms with Crippen LogP contribution in [-0.2, 0) is 12.0 Å². The minimum absolute atomic E-state index is 0.0545. The summed E-state index contributed by atoms with van der Waals surface area (Å²) in [4.78, 5) is 19.2. The van der Waals surface area contributed by atoms with Crippen LogP contribution in [0.15, 0.2) is 29.3 Å². The molecule has 1 saturated heterocycles. The molecule has 6 nitrogen and oxygen atoms in total. The van der Waals surface area contributed by atoms with E-state index in [9.17, 15) is 4.79 Å². The van der Waals surface area contributed by atoms with E-state index in [1.54, 1.807) is 17.0 Å². The molecule has 27 heavy (non-hydrogen) atoms. The Balaban J connectivity index is 1.34. The van der Waals surface area contributed by atoms with Crippen LogP contribution in [-0.4, -0.2) is 32.8 Å². The van der Waals surface area contributed by atoms with Crippen molar-refractivity contribution in [3.63, 3.8) is 0 Å². The fourth-order valence-corrected chi connectivity index (χ4v) is 3.70. The van der Waals surface area contributed by atoms with Crippen LogP contribution < -0.4 is 10.5 Å². The van der Waals surface area contributed by atoms with Crippen LogP contribution in [0.1, 0.15) is 63.8 Å². The number of hydrogen-bond donors (Lipinski definition) is 0. The van der Waals surface area contributed by atoms with Gasteiger partial charge in [-0.3, -0.25) is 9.36 Å². The first-order chi connectivity index (χ1) is 12.9. The molecule has 0 radical (unpaired) electrons. The molecule has 2 fully saturated rings. The SMILES string of the molecule is CC(C)(C)c1cc(=O)n(CC2CCN(c3ccc(C4CC4)nn3)CC2)cn1. The van der Waals surface area contributed by atoms with Gasteiger partial charge in [0.1, 0.15) is 0 Å². The van der Waals surface area contributed by atoms with E-state index < -0.39 is 0 Å². The summed E-state index contributed by atoms with van der Waals surface area (Å²) < 4.78 is 1.76. The summed E-state index contributed by atoms with van der Waals surface area (Å²) in [6.07, 6.45) is 6.34. The van der Waals surface area contributed by atoms with Crippen molar-refractivity contribution in [1.82, 2.24) is 19.7 Å². The molecule has 0 unspecified atom stereocenters. The third-order valence-corrected chi connectivity index (χ3v) is 5.71. The second-order valence-corrected chi connectivity index (χ2v) is 9.04. The second kappa shape index (κ2) is 7.06. The Morgan fingerprint density at radius 1 is 1.07 bits per heavy atom. The van der Waals surface area contributed by atoms with E-state index in [1.807, 2.05) is 0 Å². The molecule has 0 atom stereocenters. The molecule has 4 rings (SSSR count). The van der Waals surface area contributed by atoms with Gasteiger partial charge in [0.25, 0.3) is 5.56 Å². The van der Waals surface area contributed by atoms with Gasteiger partial charge in [0, 0.05) is 37.0 Å². The summed E-state index contributed by atoms with van der Waals surface area (Å²) >= 11 is 0. The Labute approximate surface area is 160 Å². The van der Waals surface area contributed by atoms with Gasteiger partial charge in [-0.05, 0) is 43.7 Å². The van der Waals surface area contributed by atoms with Crippen molar-refractivity contribution in [3.05, 3.63) is 46.3 Å². The lowest BCUT2D eigenvalue weighted by Crippen LogP contribution is -2.37. The van der Waals surface area contributed by atoms with E-state index in [1.165, 1.54) is 12.8 Å². The maximum absolute atomic E-state index is 12.4. The van der Waals surface area contributed by atoms with Crippen LogP contribution in [0.3, 0.4) is 0 Å². The molecule has 1 saturated carbocycles. The van der Waals surface area contributed by atoms with Crippen molar-refractivity contribution in [1.29, 1.82) is 0 Å². The fraction of sp³-hybridized carbons (Fsp3) is 0.619. The molecule has 0 bridgehead atoms. The molecule has 0 aromatic carbocycles. The van der Waals surface area contributed by atoms with E-state index in [0.29, 0.717) is 11.8 Å². The van der Waals surface area contributed by atoms with E-state index >= 15 is 0 Å². The molecule has 1 aliphatic heterocycles. The summed E-state index contributed by atoms with van der Waals surface area (Å²) in [5.41, 5.74) is 1.95. The van der Waals surface area contributed by atoms with E-state index in [4.69, 9.17) is 0 Å². The number of rotatable bonds is 4. The smallest absolute Gasteiger partial charge is 0.253 e. The maximum atomic E-state index is 12.4. The Kier molecular flexibility index (Phi) is 4.74. The van der Waals surface area contributed by atoms with Gasteiger partial charge in [-0.25, -0.2) is 4.98 Å². The van der Waals surface area contributed by atoms with Crippen molar-refractivity contribution in [2.45, 2.75) is 64.3 Å². The van der Waals surface area contributed by atoms with Gasteiger partial charge >= 0.3 is 0 Å². The third-order valence-electron chi connectivity index (χ3n) is 5.71. The molecule has 2 aromatic rings. The highest BCUT2D eigenvalue weighted by molar-refractivity contribution is 5.38. The van der Waals surface area contributed by atoms with Gasteiger partial charge in [-0.2, -0.15) is 5.10 Å². The van der Waals surface area contributed by atoms with Crippen LogP contribution >= 0.6 is 0 Å². The molecule has 6 heteroatoms. The summed E-state index contributed by atoms with van der Waals surface area (Å²) in [6.45, 7) is 8.91. The highest BCUT2D eigenvalue weighted by Crippen LogP contribution is 2.38. The predicted molar refractivity (Wildman–Crippen MR) is 106 cm³/mol. The Morgan fingerprint density at radius 3 is 2.37 bits per heavy atom. The van der Waals surface area contributed by atoms with Gasteiger partial charge in [0.05, 0.1) is 17.7 Å². The van der Waals surface area contributed by atoms with Crippen LogP contribution in [0.25, 0.3) is 0 Å². The summed E-state index contributed by atoms with van der Waals surface area (Å²) in [5, 5.41) is 8.83. The quantitative estimate of drug-likeness (QED) is 0.831. The Hall–Kier alpha value is -2.24. The average Bonchev–Trinajstić information content (AvgIpc) is 3.49. The number of aromatic nitrogens is 4. The normalized spacial score (nSPS) is 18.7. The second-order valence-electron chi connectivity index (χ2n) is 9.04. The summed E-state index contributed by atoms with van der Waals surface area (Å²) in [6, 6.07) is 5.93. The number of nitrogens with zero attached hydrogens (tertiary/aromatic N) is 5. The van der Waals surface area contributed by atoms with Gasteiger partial charge in [0.15, 0.2) is 5.82 Å².